The van der Waals surface area contributed by atoms with Gasteiger partial charge in [0.05, 0.1) is 4.92 Å². The number of nitro groups is 1. The summed E-state index contributed by atoms with van der Waals surface area (Å²) in [5, 5.41) is 13.5. The Morgan fingerprint density at radius 2 is 1.58 bits per heavy atom. The van der Waals surface area contributed by atoms with Crippen molar-refractivity contribution in [2.75, 3.05) is 6.54 Å². The molecule has 3 N–H and O–H groups in total. The predicted octanol–water partition coefficient (Wildman–Crippen LogP) is 3.14. The van der Waals surface area contributed by atoms with Crippen LogP contribution in [0.2, 0.25) is 0 Å². The van der Waals surface area contributed by atoms with Gasteiger partial charge in [-0.1, -0.05) is 12.1 Å². The second-order valence-electron chi connectivity index (χ2n) is 9.73. The van der Waals surface area contributed by atoms with E-state index >= 15 is 0 Å². The Morgan fingerprint density at radius 1 is 1.06 bits per heavy atom. The molecular weight excluding hydrogens is 432 g/mol. The standard InChI is InChI=1S/C22H34N4O7/c1-14(24-19(28)32-21(2,3)4)13-25(20(29)33-22(5,6)7)17(18(23)27)12-15-8-10-16(11-9-15)26(30)31/h8-11,14,17H,12-13H2,1-7H3,(H2,23,27)(H,24,28)/t14?,17-/m0/s1. The molecule has 0 aliphatic heterocycles. The van der Waals surface area contributed by atoms with Gasteiger partial charge in [-0.15, -0.1) is 0 Å². The first-order valence-corrected chi connectivity index (χ1v) is 10.5. The van der Waals surface area contributed by atoms with Crippen molar-refractivity contribution >= 4 is 23.8 Å². The molecule has 2 atom stereocenters. The number of benzene rings is 1. The Bertz CT molecular complexity index is 857. The Morgan fingerprint density at radius 3 is 2.00 bits per heavy atom. The van der Waals surface area contributed by atoms with Crippen LogP contribution in [0.3, 0.4) is 0 Å². The predicted molar refractivity (Wildman–Crippen MR) is 122 cm³/mol. The van der Waals surface area contributed by atoms with Crippen molar-refractivity contribution in [1.82, 2.24) is 10.2 Å². The fraction of sp³-hybridized carbons (Fsp3) is 0.591. The number of nitrogens with zero attached hydrogens (tertiary/aromatic N) is 2. The summed E-state index contributed by atoms with van der Waals surface area (Å²) in [5.41, 5.74) is 4.53. The lowest BCUT2D eigenvalue weighted by Gasteiger charge is -2.34. The zero-order chi connectivity index (χ0) is 25.6. The summed E-state index contributed by atoms with van der Waals surface area (Å²) in [5.74, 6) is -0.788. The number of nitro benzene ring substituents is 1. The maximum absolute atomic E-state index is 13.0. The third-order valence-corrected chi connectivity index (χ3v) is 4.14. The van der Waals surface area contributed by atoms with Crippen molar-refractivity contribution in [3.05, 3.63) is 39.9 Å². The number of hydrogen-bond donors (Lipinski definition) is 2. The van der Waals surface area contributed by atoms with Gasteiger partial charge in [0.25, 0.3) is 5.69 Å². The van der Waals surface area contributed by atoms with Gasteiger partial charge in [-0.3, -0.25) is 19.8 Å². The van der Waals surface area contributed by atoms with E-state index in [0.717, 1.165) is 4.90 Å². The van der Waals surface area contributed by atoms with Gasteiger partial charge in [0.1, 0.15) is 17.2 Å². The molecule has 0 aromatic heterocycles. The molecular formula is C22H34N4O7. The lowest BCUT2D eigenvalue weighted by atomic mass is 10.0. The molecule has 11 nitrogen and oxygen atoms in total. The van der Waals surface area contributed by atoms with Crippen molar-refractivity contribution in [3.8, 4) is 0 Å². The number of hydrogen-bond acceptors (Lipinski definition) is 7. The second-order valence-corrected chi connectivity index (χ2v) is 9.73. The number of nitrogens with one attached hydrogen (secondary N) is 1. The third-order valence-electron chi connectivity index (χ3n) is 4.14. The van der Waals surface area contributed by atoms with E-state index in [9.17, 15) is 24.5 Å². The van der Waals surface area contributed by atoms with Crippen LogP contribution < -0.4 is 11.1 Å². The number of nitrogens with two attached hydrogens (primary N) is 1. The van der Waals surface area contributed by atoms with Gasteiger partial charge in [0.15, 0.2) is 0 Å². The highest BCUT2D eigenvalue weighted by Crippen LogP contribution is 2.18. The topological polar surface area (TPSA) is 154 Å². The van der Waals surface area contributed by atoms with Gasteiger partial charge in [-0.05, 0) is 54.0 Å². The summed E-state index contributed by atoms with van der Waals surface area (Å²) in [6.45, 7) is 11.8. The Balaban J connectivity index is 3.14. The third kappa shape index (κ3) is 10.2. The molecule has 11 heteroatoms. The van der Waals surface area contributed by atoms with Crippen molar-refractivity contribution in [1.29, 1.82) is 0 Å². The minimum Gasteiger partial charge on any atom is -0.444 e. The number of alkyl carbamates (subject to hydrolysis) is 1. The van der Waals surface area contributed by atoms with Crippen LogP contribution in [0.4, 0.5) is 15.3 Å². The summed E-state index contributed by atoms with van der Waals surface area (Å²) in [4.78, 5) is 48.9. The number of rotatable bonds is 8. The molecule has 0 heterocycles. The van der Waals surface area contributed by atoms with E-state index in [1.807, 2.05) is 0 Å². The van der Waals surface area contributed by atoms with Crippen LogP contribution in [0, 0.1) is 10.1 Å². The average molecular weight is 467 g/mol. The van der Waals surface area contributed by atoms with Gasteiger partial charge >= 0.3 is 12.2 Å². The first-order chi connectivity index (χ1) is 15.0. The van der Waals surface area contributed by atoms with Crippen LogP contribution in [-0.4, -0.2) is 57.7 Å². The average Bonchev–Trinajstić information content (AvgIpc) is 2.61. The van der Waals surface area contributed by atoms with Crippen LogP contribution in [0.15, 0.2) is 24.3 Å². The molecule has 3 amide bonds. The first-order valence-electron chi connectivity index (χ1n) is 10.5. The highest BCUT2D eigenvalue weighted by atomic mass is 16.6. The van der Waals surface area contributed by atoms with Crippen molar-refractivity contribution in [2.45, 2.75) is 78.2 Å². The van der Waals surface area contributed by atoms with E-state index in [0.29, 0.717) is 5.56 Å². The zero-order valence-electron chi connectivity index (χ0n) is 20.2. The fourth-order valence-corrected chi connectivity index (χ4v) is 2.84. The first kappa shape index (κ1) is 27.7. The molecule has 0 saturated carbocycles. The molecule has 1 unspecified atom stereocenters. The summed E-state index contributed by atoms with van der Waals surface area (Å²) in [6, 6.07) is 3.86. The molecule has 1 rings (SSSR count). The summed E-state index contributed by atoms with van der Waals surface area (Å²) in [7, 11) is 0. The zero-order valence-corrected chi connectivity index (χ0v) is 20.2. The fourth-order valence-electron chi connectivity index (χ4n) is 2.84. The van der Waals surface area contributed by atoms with Gasteiger partial charge in [0, 0.05) is 31.1 Å². The Labute approximate surface area is 193 Å². The van der Waals surface area contributed by atoms with E-state index in [-0.39, 0.29) is 18.7 Å². The quantitative estimate of drug-likeness (QED) is 0.440. The molecule has 0 radical (unpaired) electrons. The van der Waals surface area contributed by atoms with Gasteiger partial charge in [-0.2, -0.15) is 0 Å². The van der Waals surface area contributed by atoms with Crippen molar-refractivity contribution in [3.63, 3.8) is 0 Å². The molecule has 1 aromatic carbocycles. The molecule has 0 aliphatic rings. The van der Waals surface area contributed by atoms with Crippen LogP contribution in [-0.2, 0) is 20.7 Å². The van der Waals surface area contributed by atoms with E-state index < -0.39 is 46.3 Å². The molecule has 0 spiro atoms. The van der Waals surface area contributed by atoms with Gasteiger partial charge in [-0.25, -0.2) is 9.59 Å². The molecule has 184 valence electrons. The molecule has 0 fully saturated rings. The lowest BCUT2D eigenvalue weighted by molar-refractivity contribution is -0.384. The number of carbonyl (C=O) groups is 3. The SMILES string of the molecule is CC(CN(C(=O)OC(C)(C)C)[C@@H](Cc1ccc([N+](=O)[O-])cc1)C(N)=O)NC(=O)OC(C)(C)C. The van der Waals surface area contributed by atoms with Crippen LogP contribution in [0.5, 0.6) is 0 Å². The minimum absolute atomic E-state index is 0.00568. The summed E-state index contributed by atoms with van der Waals surface area (Å²) in [6.07, 6.45) is -1.46. The molecule has 1 aromatic rings. The second kappa shape index (κ2) is 11.0. The van der Waals surface area contributed by atoms with E-state index in [2.05, 4.69) is 5.32 Å². The highest BCUT2D eigenvalue weighted by molar-refractivity contribution is 5.84. The number of carbonyl (C=O) groups excluding carboxylic acids is 3. The van der Waals surface area contributed by atoms with Crippen molar-refractivity contribution < 1.29 is 28.8 Å². The largest absolute Gasteiger partial charge is 0.444 e. The minimum atomic E-state index is -1.12. The van der Waals surface area contributed by atoms with Crippen LogP contribution >= 0.6 is 0 Å². The van der Waals surface area contributed by atoms with E-state index in [1.54, 1.807) is 48.5 Å². The number of amides is 3. The highest BCUT2D eigenvalue weighted by Gasteiger charge is 2.33. The Hall–Kier alpha value is -3.37. The normalized spacial score (nSPS) is 13.4. The summed E-state index contributed by atoms with van der Waals surface area (Å²) < 4.78 is 10.7. The van der Waals surface area contributed by atoms with Crippen LogP contribution in [0.25, 0.3) is 0 Å². The van der Waals surface area contributed by atoms with Crippen LogP contribution in [0.1, 0.15) is 54.0 Å². The molecule has 0 saturated heterocycles. The lowest BCUT2D eigenvalue weighted by Crippen LogP contribution is -2.55. The molecule has 0 aliphatic carbocycles. The number of primary amides is 1. The molecule has 0 bridgehead atoms. The smallest absolute Gasteiger partial charge is 0.411 e. The van der Waals surface area contributed by atoms with E-state index in [1.165, 1.54) is 24.3 Å². The maximum Gasteiger partial charge on any atom is 0.411 e. The summed E-state index contributed by atoms with van der Waals surface area (Å²) >= 11 is 0. The van der Waals surface area contributed by atoms with Gasteiger partial charge < -0.3 is 20.5 Å². The number of ether oxygens (including phenoxy) is 2. The molecule has 33 heavy (non-hydrogen) atoms. The number of non-ortho nitro benzene ring substituents is 1. The maximum atomic E-state index is 13.0. The van der Waals surface area contributed by atoms with Crippen molar-refractivity contribution in [2.24, 2.45) is 5.73 Å². The van der Waals surface area contributed by atoms with Gasteiger partial charge in [0.2, 0.25) is 5.91 Å². The Kier molecular flexibility index (Phi) is 9.20. The monoisotopic (exact) mass is 466 g/mol. The van der Waals surface area contributed by atoms with E-state index in [4.69, 9.17) is 15.2 Å².